The lowest BCUT2D eigenvalue weighted by Gasteiger charge is -2.15. The number of halogens is 2. The Balaban J connectivity index is 2.97. The molecule has 0 amide bonds. The maximum Gasteiger partial charge on any atom is 0.0938 e. The second-order valence-electron chi connectivity index (χ2n) is 2.98. The maximum absolute atomic E-state index is 9.59. The fourth-order valence-electron chi connectivity index (χ4n) is 1.000. The van der Waals surface area contributed by atoms with Crippen molar-refractivity contribution in [3.63, 3.8) is 0 Å². The van der Waals surface area contributed by atoms with Gasteiger partial charge >= 0.3 is 0 Å². The Morgan fingerprint density at radius 1 is 1.31 bits per heavy atom. The van der Waals surface area contributed by atoms with E-state index in [4.69, 9.17) is 28.9 Å². The molecule has 2 atom stereocenters. The van der Waals surface area contributed by atoms with Crippen molar-refractivity contribution in [2.24, 2.45) is 5.73 Å². The van der Waals surface area contributed by atoms with Crippen LogP contribution in [0.4, 0.5) is 0 Å². The highest BCUT2D eigenvalue weighted by Crippen LogP contribution is 2.26. The molecule has 0 aromatic heterocycles. The van der Waals surface area contributed by atoms with Gasteiger partial charge in [0.05, 0.1) is 16.1 Å². The maximum atomic E-state index is 9.59. The van der Waals surface area contributed by atoms with E-state index in [9.17, 15) is 5.11 Å². The summed E-state index contributed by atoms with van der Waals surface area (Å²) in [4.78, 5) is 0. The molecular weight excluding hydrogens is 209 g/mol. The van der Waals surface area contributed by atoms with E-state index < -0.39 is 6.10 Å². The molecule has 1 aromatic rings. The minimum absolute atomic E-state index is 0.322. The molecule has 72 valence electrons. The zero-order valence-electron chi connectivity index (χ0n) is 7.17. The van der Waals surface area contributed by atoms with Gasteiger partial charge in [0.1, 0.15) is 0 Å². The average Bonchev–Trinajstić information content (AvgIpc) is 2.08. The summed E-state index contributed by atoms with van der Waals surface area (Å²) in [6.07, 6.45) is -0.699. The lowest BCUT2D eigenvalue weighted by Crippen LogP contribution is -2.24. The van der Waals surface area contributed by atoms with Crippen molar-refractivity contribution in [3.8, 4) is 0 Å². The number of hydrogen-bond acceptors (Lipinski definition) is 2. The van der Waals surface area contributed by atoms with Gasteiger partial charge in [-0.15, -0.1) is 0 Å². The third-order valence-electron chi connectivity index (χ3n) is 1.78. The summed E-state index contributed by atoms with van der Waals surface area (Å²) >= 11 is 11.5. The van der Waals surface area contributed by atoms with E-state index in [-0.39, 0.29) is 6.04 Å². The van der Waals surface area contributed by atoms with Gasteiger partial charge in [-0.25, -0.2) is 0 Å². The van der Waals surface area contributed by atoms with Crippen molar-refractivity contribution < 1.29 is 5.11 Å². The predicted octanol–water partition coefficient (Wildman–Crippen LogP) is 2.37. The summed E-state index contributed by atoms with van der Waals surface area (Å²) in [5, 5.41) is 10.5. The number of aliphatic hydroxyl groups is 1. The predicted molar refractivity (Wildman–Crippen MR) is 55.1 cm³/mol. The summed E-state index contributed by atoms with van der Waals surface area (Å²) in [6.45, 7) is 1.73. The fourth-order valence-corrected chi connectivity index (χ4v) is 1.31. The van der Waals surface area contributed by atoms with Gasteiger partial charge in [-0.05, 0) is 24.6 Å². The lowest BCUT2D eigenvalue weighted by atomic mass is 10.0. The number of hydrogen-bond donors (Lipinski definition) is 2. The van der Waals surface area contributed by atoms with Crippen LogP contribution in [0.25, 0.3) is 0 Å². The zero-order chi connectivity index (χ0) is 10.0. The third-order valence-corrected chi connectivity index (χ3v) is 2.52. The van der Waals surface area contributed by atoms with Crippen LogP contribution in [0.5, 0.6) is 0 Å². The van der Waals surface area contributed by atoms with Crippen LogP contribution in [0, 0.1) is 0 Å². The zero-order valence-corrected chi connectivity index (χ0v) is 8.68. The summed E-state index contributed by atoms with van der Waals surface area (Å²) in [5.74, 6) is 0. The Kier molecular flexibility index (Phi) is 3.56. The highest BCUT2D eigenvalue weighted by atomic mass is 35.5. The van der Waals surface area contributed by atoms with Crippen LogP contribution < -0.4 is 5.73 Å². The second kappa shape index (κ2) is 4.29. The van der Waals surface area contributed by atoms with E-state index in [1.54, 1.807) is 25.1 Å². The molecule has 1 rings (SSSR count). The van der Waals surface area contributed by atoms with Gasteiger partial charge in [0, 0.05) is 6.04 Å². The van der Waals surface area contributed by atoms with E-state index in [2.05, 4.69) is 0 Å². The summed E-state index contributed by atoms with van der Waals surface area (Å²) < 4.78 is 0. The van der Waals surface area contributed by atoms with E-state index in [0.29, 0.717) is 15.6 Å². The highest BCUT2D eigenvalue weighted by Gasteiger charge is 2.13. The van der Waals surface area contributed by atoms with Crippen LogP contribution in [-0.2, 0) is 0 Å². The average molecular weight is 220 g/mol. The van der Waals surface area contributed by atoms with Gasteiger partial charge in [-0.3, -0.25) is 0 Å². The Labute approximate surface area is 87.3 Å². The molecule has 0 saturated carbocycles. The molecule has 0 bridgehead atoms. The van der Waals surface area contributed by atoms with Crippen LogP contribution >= 0.6 is 23.2 Å². The highest BCUT2D eigenvalue weighted by molar-refractivity contribution is 6.42. The van der Waals surface area contributed by atoms with Crippen molar-refractivity contribution in [1.29, 1.82) is 0 Å². The van der Waals surface area contributed by atoms with Crippen LogP contribution in [0.2, 0.25) is 10.0 Å². The molecule has 0 unspecified atom stereocenters. The summed E-state index contributed by atoms with van der Waals surface area (Å²) in [5.41, 5.74) is 6.21. The summed E-state index contributed by atoms with van der Waals surface area (Å²) in [7, 11) is 0. The normalized spacial score (nSPS) is 15.5. The number of rotatable bonds is 2. The Morgan fingerprint density at radius 2 is 1.92 bits per heavy atom. The van der Waals surface area contributed by atoms with Gasteiger partial charge in [0.25, 0.3) is 0 Å². The summed E-state index contributed by atoms with van der Waals surface area (Å²) in [6, 6.07) is 4.66. The Bertz CT molecular complexity index is 302. The van der Waals surface area contributed by atoms with Crippen LogP contribution in [-0.4, -0.2) is 11.1 Å². The molecule has 0 spiro atoms. The van der Waals surface area contributed by atoms with Crippen molar-refractivity contribution in [3.05, 3.63) is 33.8 Å². The second-order valence-corrected chi connectivity index (χ2v) is 3.79. The number of nitrogens with two attached hydrogens (primary N) is 1. The molecule has 4 heteroatoms. The molecule has 0 fully saturated rings. The van der Waals surface area contributed by atoms with Crippen molar-refractivity contribution in [2.45, 2.75) is 19.1 Å². The Morgan fingerprint density at radius 3 is 2.38 bits per heavy atom. The first kappa shape index (κ1) is 10.8. The van der Waals surface area contributed by atoms with Gasteiger partial charge in [0.2, 0.25) is 0 Å². The lowest BCUT2D eigenvalue weighted by molar-refractivity contribution is 0.153. The molecule has 0 radical (unpaired) electrons. The molecule has 13 heavy (non-hydrogen) atoms. The van der Waals surface area contributed by atoms with E-state index in [0.717, 1.165) is 0 Å². The molecule has 0 aliphatic rings. The van der Waals surface area contributed by atoms with Crippen LogP contribution in [0.3, 0.4) is 0 Å². The van der Waals surface area contributed by atoms with Gasteiger partial charge < -0.3 is 10.8 Å². The van der Waals surface area contributed by atoms with Crippen molar-refractivity contribution in [1.82, 2.24) is 0 Å². The van der Waals surface area contributed by atoms with E-state index >= 15 is 0 Å². The van der Waals surface area contributed by atoms with E-state index in [1.165, 1.54) is 0 Å². The smallest absolute Gasteiger partial charge is 0.0938 e. The number of aliphatic hydroxyl groups excluding tert-OH is 1. The quantitative estimate of drug-likeness (QED) is 0.803. The largest absolute Gasteiger partial charge is 0.387 e. The standard InChI is InChI=1S/C9H11Cl2NO/c1-5(12)9(13)6-2-3-7(10)8(11)4-6/h2-5,9,13H,12H2,1H3/t5-,9-/m0/s1. The fraction of sp³-hybridized carbons (Fsp3) is 0.333. The van der Waals surface area contributed by atoms with Crippen molar-refractivity contribution >= 4 is 23.2 Å². The number of benzene rings is 1. The molecular formula is C9H11Cl2NO. The minimum Gasteiger partial charge on any atom is -0.387 e. The van der Waals surface area contributed by atoms with Crippen LogP contribution in [0.15, 0.2) is 18.2 Å². The first-order chi connectivity index (χ1) is 6.02. The van der Waals surface area contributed by atoms with Gasteiger partial charge in [-0.1, -0.05) is 29.3 Å². The van der Waals surface area contributed by atoms with E-state index in [1.807, 2.05) is 0 Å². The molecule has 3 N–H and O–H groups in total. The van der Waals surface area contributed by atoms with Crippen molar-refractivity contribution in [2.75, 3.05) is 0 Å². The van der Waals surface area contributed by atoms with Crippen LogP contribution in [0.1, 0.15) is 18.6 Å². The monoisotopic (exact) mass is 219 g/mol. The third kappa shape index (κ3) is 2.58. The van der Waals surface area contributed by atoms with Gasteiger partial charge in [0.15, 0.2) is 0 Å². The van der Waals surface area contributed by atoms with Gasteiger partial charge in [-0.2, -0.15) is 0 Å². The molecule has 0 aliphatic carbocycles. The SMILES string of the molecule is C[C@H](N)[C@H](O)c1ccc(Cl)c(Cl)c1. The molecule has 2 nitrogen and oxygen atoms in total. The Hall–Kier alpha value is -0.280. The topological polar surface area (TPSA) is 46.2 Å². The first-order valence-corrected chi connectivity index (χ1v) is 4.66. The first-order valence-electron chi connectivity index (χ1n) is 3.91. The molecule has 1 aromatic carbocycles. The minimum atomic E-state index is -0.699. The molecule has 0 heterocycles. The molecule has 0 aliphatic heterocycles. The molecule has 0 saturated heterocycles.